The Morgan fingerprint density at radius 3 is 2.80 bits per heavy atom. The second-order valence-corrected chi connectivity index (χ2v) is 9.59. The number of nitrogens with zero attached hydrogens (tertiary/aromatic N) is 5. The van der Waals surface area contributed by atoms with Crippen molar-refractivity contribution in [2.45, 2.75) is 19.0 Å². The average molecular weight is 513 g/mol. The third kappa shape index (κ3) is 5.77. The van der Waals surface area contributed by atoms with Gasteiger partial charge in [0.25, 0.3) is 11.1 Å². The van der Waals surface area contributed by atoms with E-state index in [1.165, 1.54) is 30.0 Å². The summed E-state index contributed by atoms with van der Waals surface area (Å²) in [7, 11) is 0. The van der Waals surface area contributed by atoms with E-state index in [0.717, 1.165) is 33.5 Å². The molecule has 1 saturated heterocycles. The van der Waals surface area contributed by atoms with Crippen molar-refractivity contribution >= 4 is 46.7 Å². The van der Waals surface area contributed by atoms with Crippen LogP contribution in [0.15, 0.2) is 52.5 Å². The third-order valence-corrected chi connectivity index (χ3v) is 6.92. The first-order valence-electron chi connectivity index (χ1n) is 10.6. The van der Waals surface area contributed by atoms with Crippen LogP contribution < -0.4 is 5.32 Å². The summed E-state index contributed by atoms with van der Waals surface area (Å²) in [6.45, 7) is 4.02. The van der Waals surface area contributed by atoms with Crippen LogP contribution in [0.1, 0.15) is 16.7 Å². The van der Waals surface area contributed by atoms with Gasteiger partial charge in [-0.15, -0.1) is 5.10 Å². The monoisotopic (exact) mass is 512 g/mol. The predicted molar refractivity (Wildman–Crippen MR) is 131 cm³/mol. The van der Waals surface area contributed by atoms with Crippen LogP contribution in [-0.2, 0) is 9.59 Å². The van der Waals surface area contributed by atoms with Crippen molar-refractivity contribution in [1.29, 1.82) is 0 Å². The molecule has 0 bridgehead atoms. The molecule has 3 amide bonds. The van der Waals surface area contributed by atoms with Gasteiger partial charge in [-0.1, -0.05) is 42.1 Å². The van der Waals surface area contributed by atoms with Crippen molar-refractivity contribution < 1.29 is 18.8 Å². The molecule has 1 aromatic heterocycles. The van der Waals surface area contributed by atoms with Gasteiger partial charge in [-0.05, 0) is 65.4 Å². The molecule has 2 heterocycles. The Labute approximate surface area is 209 Å². The standard InChI is InChI=1S/C23H21FN6O3S2/c1-14-7-8-15(2)18(11-14)30-22(26-27-28-30)34-13-20(31)25-9-10-29-21(32)19(35-23(29)33)12-16-5-3-4-6-17(16)24/h3-8,11-12H,9-10,13H2,1-2H3,(H,25,31)/b19-12-. The molecule has 1 aliphatic heterocycles. The maximum absolute atomic E-state index is 13.9. The summed E-state index contributed by atoms with van der Waals surface area (Å²) in [4.78, 5) is 38.3. The lowest BCUT2D eigenvalue weighted by atomic mass is 10.1. The summed E-state index contributed by atoms with van der Waals surface area (Å²) in [5, 5.41) is 14.4. The molecule has 0 unspecified atom stereocenters. The van der Waals surface area contributed by atoms with Crippen LogP contribution in [0.25, 0.3) is 11.8 Å². The van der Waals surface area contributed by atoms with E-state index in [4.69, 9.17) is 0 Å². The first-order chi connectivity index (χ1) is 16.8. The zero-order chi connectivity index (χ0) is 24.9. The lowest BCUT2D eigenvalue weighted by Gasteiger charge is -2.13. The SMILES string of the molecule is Cc1ccc(C)c(-n2nnnc2SCC(=O)NCCN2C(=O)S/C(=C\c3ccccc3F)C2=O)c1. The second kappa shape index (κ2) is 10.8. The summed E-state index contributed by atoms with van der Waals surface area (Å²) in [5.74, 6) is -1.23. The number of amides is 3. The van der Waals surface area contributed by atoms with Crippen LogP contribution in [0.2, 0.25) is 0 Å². The molecule has 0 radical (unpaired) electrons. The van der Waals surface area contributed by atoms with Crippen LogP contribution >= 0.6 is 23.5 Å². The molecule has 35 heavy (non-hydrogen) atoms. The minimum absolute atomic E-state index is 0.00983. The summed E-state index contributed by atoms with van der Waals surface area (Å²) in [6, 6.07) is 11.9. The highest BCUT2D eigenvalue weighted by atomic mass is 32.2. The van der Waals surface area contributed by atoms with Crippen molar-refractivity contribution in [3.63, 3.8) is 0 Å². The van der Waals surface area contributed by atoms with E-state index < -0.39 is 17.0 Å². The van der Waals surface area contributed by atoms with Crippen LogP contribution in [0.3, 0.4) is 0 Å². The Kier molecular flexibility index (Phi) is 7.61. The first kappa shape index (κ1) is 24.6. The number of hydrogen-bond acceptors (Lipinski definition) is 8. The fourth-order valence-electron chi connectivity index (χ4n) is 3.28. The zero-order valence-electron chi connectivity index (χ0n) is 18.9. The highest BCUT2D eigenvalue weighted by molar-refractivity contribution is 8.18. The van der Waals surface area contributed by atoms with Gasteiger partial charge in [-0.2, -0.15) is 4.68 Å². The minimum atomic E-state index is -0.514. The summed E-state index contributed by atoms with van der Waals surface area (Å²) >= 11 is 1.92. The molecule has 4 rings (SSSR count). The van der Waals surface area contributed by atoms with E-state index >= 15 is 0 Å². The summed E-state index contributed by atoms with van der Waals surface area (Å²) in [5.41, 5.74) is 3.12. The van der Waals surface area contributed by atoms with Gasteiger partial charge in [0.15, 0.2) is 0 Å². The third-order valence-electron chi connectivity index (χ3n) is 5.09. The molecule has 2 aromatic carbocycles. The van der Waals surface area contributed by atoms with Gasteiger partial charge in [0, 0.05) is 18.7 Å². The van der Waals surface area contributed by atoms with Gasteiger partial charge in [-0.25, -0.2) is 4.39 Å². The van der Waals surface area contributed by atoms with Crippen molar-refractivity contribution in [2.75, 3.05) is 18.8 Å². The van der Waals surface area contributed by atoms with Gasteiger partial charge in [-0.3, -0.25) is 19.3 Å². The number of nitrogens with one attached hydrogen (secondary N) is 1. The molecule has 3 aromatic rings. The molecule has 1 fully saturated rings. The number of carbonyl (C=O) groups excluding carboxylic acids is 3. The van der Waals surface area contributed by atoms with E-state index in [1.807, 2.05) is 32.0 Å². The molecular formula is C23H21FN6O3S2. The van der Waals surface area contributed by atoms with Gasteiger partial charge >= 0.3 is 0 Å². The van der Waals surface area contributed by atoms with Gasteiger partial charge in [0.2, 0.25) is 11.1 Å². The van der Waals surface area contributed by atoms with Crippen molar-refractivity contribution in [3.05, 3.63) is 69.9 Å². The van der Waals surface area contributed by atoms with E-state index in [1.54, 1.807) is 16.8 Å². The van der Waals surface area contributed by atoms with Gasteiger partial charge in [0.05, 0.1) is 16.3 Å². The van der Waals surface area contributed by atoms with Gasteiger partial charge < -0.3 is 5.32 Å². The van der Waals surface area contributed by atoms with Crippen molar-refractivity contribution in [2.24, 2.45) is 0 Å². The van der Waals surface area contributed by atoms with Crippen LogP contribution in [0, 0.1) is 19.7 Å². The highest BCUT2D eigenvalue weighted by Crippen LogP contribution is 2.32. The fourth-order valence-corrected chi connectivity index (χ4v) is 4.85. The molecule has 0 atom stereocenters. The van der Waals surface area contributed by atoms with Crippen LogP contribution in [0.4, 0.5) is 9.18 Å². The number of thioether (sulfide) groups is 2. The second-order valence-electron chi connectivity index (χ2n) is 7.66. The lowest BCUT2D eigenvalue weighted by Crippen LogP contribution is -2.37. The largest absolute Gasteiger partial charge is 0.354 e. The Hall–Kier alpha value is -3.51. The van der Waals surface area contributed by atoms with Crippen LogP contribution in [-0.4, -0.2) is 61.0 Å². The average Bonchev–Trinajstić information content (AvgIpc) is 3.40. The number of imide groups is 1. The first-order valence-corrected chi connectivity index (χ1v) is 12.4. The van der Waals surface area contributed by atoms with Crippen LogP contribution in [0.5, 0.6) is 0 Å². The minimum Gasteiger partial charge on any atom is -0.354 e. The highest BCUT2D eigenvalue weighted by Gasteiger charge is 2.34. The Bertz CT molecular complexity index is 1330. The molecule has 0 spiro atoms. The number of halogens is 1. The topological polar surface area (TPSA) is 110 Å². The maximum Gasteiger partial charge on any atom is 0.293 e. The smallest absolute Gasteiger partial charge is 0.293 e. The molecular weight excluding hydrogens is 491 g/mol. The van der Waals surface area contributed by atoms with Gasteiger partial charge in [0.1, 0.15) is 5.82 Å². The number of tetrazole rings is 1. The van der Waals surface area contributed by atoms with E-state index in [0.29, 0.717) is 5.16 Å². The van der Waals surface area contributed by atoms with Crippen molar-refractivity contribution in [1.82, 2.24) is 30.4 Å². The molecule has 9 nitrogen and oxygen atoms in total. The predicted octanol–water partition coefficient (Wildman–Crippen LogP) is 3.36. The number of benzene rings is 2. The number of aryl methyl sites for hydroxylation is 2. The Balaban J connectivity index is 1.29. The maximum atomic E-state index is 13.9. The molecule has 1 aliphatic rings. The number of hydrogen-bond donors (Lipinski definition) is 1. The van der Waals surface area contributed by atoms with E-state index in [-0.39, 0.29) is 35.2 Å². The van der Waals surface area contributed by atoms with E-state index in [9.17, 15) is 18.8 Å². The zero-order valence-corrected chi connectivity index (χ0v) is 20.5. The molecule has 180 valence electrons. The quantitative estimate of drug-likeness (QED) is 0.361. The van der Waals surface area contributed by atoms with Crippen molar-refractivity contribution in [3.8, 4) is 5.69 Å². The summed E-state index contributed by atoms with van der Waals surface area (Å²) in [6.07, 6.45) is 1.36. The molecule has 1 N–H and O–H groups in total. The lowest BCUT2D eigenvalue weighted by molar-refractivity contribution is -0.123. The normalized spacial score (nSPS) is 14.7. The molecule has 0 saturated carbocycles. The Morgan fingerprint density at radius 2 is 2.00 bits per heavy atom. The Morgan fingerprint density at radius 1 is 1.20 bits per heavy atom. The molecule has 0 aliphatic carbocycles. The number of rotatable bonds is 8. The fraction of sp³-hybridized carbons (Fsp3) is 0.217. The molecule has 12 heteroatoms. The number of carbonyl (C=O) groups is 3. The number of aromatic nitrogens is 4. The van der Waals surface area contributed by atoms with E-state index in [2.05, 4.69) is 20.8 Å². The summed E-state index contributed by atoms with van der Waals surface area (Å²) < 4.78 is 15.4.